The van der Waals surface area contributed by atoms with E-state index in [0.29, 0.717) is 9.79 Å². The smallest absolute Gasteiger partial charge is 0.206 e. The average Bonchev–Trinajstić information content (AvgIpc) is 3.02. The molecule has 0 spiro atoms. The van der Waals surface area contributed by atoms with Crippen molar-refractivity contribution < 1.29 is 8.42 Å². The molecule has 0 aliphatic carbocycles. The highest BCUT2D eigenvalue weighted by Gasteiger charge is 2.21. The Bertz CT molecular complexity index is 1140. The molecule has 6 heteroatoms. The second-order valence-corrected chi connectivity index (χ2v) is 10.8. The van der Waals surface area contributed by atoms with E-state index in [1.807, 2.05) is 24.3 Å². The first-order valence-corrected chi connectivity index (χ1v) is 12.0. The zero-order valence-electron chi connectivity index (χ0n) is 17.9. The SMILES string of the molecule is CC(C)(C)c1ccc(S(=O)(=O)c2ccc3ccnc(N4CCCNCC4)c3c2)cc1. The van der Waals surface area contributed by atoms with Crippen molar-refractivity contribution in [2.45, 2.75) is 42.4 Å². The Hall–Kier alpha value is -2.44. The van der Waals surface area contributed by atoms with Gasteiger partial charge in [-0.05, 0) is 59.7 Å². The fourth-order valence-corrected chi connectivity index (χ4v) is 5.17. The third kappa shape index (κ3) is 4.07. The Kier molecular flexibility index (Phi) is 5.55. The number of anilines is 1. The number of hydrogen-bond acceptors (Lipinski definition) is 5. The Morgan fingerprint density at radius 3 is 2.40 bits per heavy atom. The summed E-state index contributed by atoms with van der Waals surface area (Å²) in [6.45, 7) is 10.0. The minimum absolute atomic E-state index is 0.0200. The third-order valence-electron chi connectivity index (χ3n) is 5.70. The molecule has 2 heterocycles. The number of fused-ring (bicyclic) bond motifs is 1. The minimum Gasteiger partial charge on any atom is -0.355 e. The van der Waals surface area contributed by atoms with Gasteiger partial charge in [-0.25, -0.2) is 13.4 Å². The van der Waals surface area contributed by atoms with E-state index >= 15 is 0 Å². The Morgan fingerprint density at radius 1 is 0.933 bits per heavy atom. The van der Waals surface area contributed by atoms with Crippen LogP contribution in [0, 0.1) is 0 Å². The molecule has 1 saturated heterocycles. The Morgan fingerprint density at radius 2 is 1.67 bits per heavy atom. The first kappa shape index (κ1) is 20.8. The van der Waals surface area contributed by atoms with E-state index < -0.39 is 9.84 Å². The van der Waals surface area contributed by atoms with Gasteiger partial charge >= 0.3 is 0 Å². The fraction of sp³-hybridized carbons (Fsp3) is 0.375. The lowest BCUT2D eigenvalue weighted by atomic mass is 9.87. The second kappa shape index (κ2) is 8.00. The zero-order chi connectivity index (χ0) is 21.4. The van der Waals surface area contributed by atoms with Gasteiger partial charge in [0, 0.05) is 31.2 Å². The average molecular weight is 424 g/mol. The highest BCUT2D eigenvalue weighted by atomic mass is 32.2. The zero-order valence-corrected chi connectivity index (χ0v) is 18.7. The van der Waals surface area contributed by atoms with E-state index in [1.165, 1.54) is 0 Å². The fourth-order valence-electron chi connectivity index (χ4n) is 3.88. The molecule has 5 nitrogen and oxygen atoms in total. The van der Waals surface area contributed by atoms with Crippen molar-refractivity contribution in [1.82, 2.24) is 10.3 Å². The molecular weight excluding hydrogens is 394 g/mol. The summed E-state index contributed by atoms with van der Waals surface area (Å²) in [4.78, 5) is 7.48. The molecule has 3 aromatic rings. The summed E-state index contributed by atoms with van der Waals surface area (Å²) in [5.74, 6) is 0.858. The molecule has 30 heavy (non-hydrogen) atoms. The Labute approximate surface area is 179 Å². The normalized spacial score (nSPS) is 15.9. The lowest BCUT2D eigenvalue weighted by Crippen LogP contribution is -2.28. The van der Waals surface area contributed by atoms with E-state index in [4.69, 9.17) is 0 Å². The quantitative estimate of drug-likeness (QED) is 0.685. The number of aromatic nitrogens is 1. The molecule has 158 valence electrons. The van der Waals surface area contributed by atoms with Gasteiger partial charge in [0.25, 0.3) is 0 Å². The summed E-state index contributed by atoms with van der Waals surface area (Å²) in [6, 6.07) is 14.5. The number of rotatable bonds is 3. The van der Waals surface area contributed by atoms with Crippen LogP contribution in [-0.2, 0) is 15.3 Å². The summed E-state index contributed by atoms with van der Waals surface area (Å²) in [5, 5.41) is 5.28. The lowest BCUT2D eigenvalue weighted by Gasteiger charge is -2.23. The number of pyridine rings is 1. The minimum atomic E-state index is -3.61. The van der Waals surface area contributed by atoms with Crippen molar-refractivity contribution in [2.24, 2.45) is 0 Å². The largest absolute Gasteiger partial charge is 0.355 e. The summed E-state index contributed by atoms with van der Waals surface area (Å²) in [5.41, 5.74) is 1.09. The van der Waals surface area contributed by atoms with Crippen LogP contribution in [0.5, 0.6) is 0 Å². The van der Waals surface area contributed by atoms with Gasteiger partial charge < -0.3 is 10.2 Å². The number of nitrogens with zero attached hydrogens (tertiary/aromatic N) is 2. The maximum Gasteiger partial charge on any atom is 0.206 e. The highest BCUT2D eigenvalue weighted by molar-refractivity contribution is 7.91. The van der Waals surface area contributed by atoms with Crippen LogP contribution in [-0.4, -0.2) is 39.6 Å². The molecule has 2 aromatic carbocycles. The molecule has 0 atom stereocenters. The van der Waals surface area contributed by atoms with E-state index in [9.17, 15) is 8.42 Å². The first-order chi connectivity index (χ1) is 14.3. The summed E-state index contributed by atoms with van der Waals surface area (Å²) >= 11 is 0. The molecule has 1 aromatic heterocycles. The standard InChI is InChI=1S/C24H29N3O2S/c1-24(2,3)19-6-9-20(10-7-19)30(28,29)21-8-5-18-11-13-26-23(22(18)17-21)27-15-4-12-25-14-16-27/h5-11,13,17,25H,4,12,14-16H2,1-3H3. The van der Waals surface area contributed by atoms with Crippen LogP contribution >= 0.6 is 0 Å². The predicted octanol–water partition coefficient (Wildman–Crippen LogP) is 4.16. The van der Waals surface area contributed by atoms with Gasteiger partial charge in [-0.1, -0.05) is 39.0 Å². The van der Waals surface area contributed by atoms with E-state index in [2.05, 4.69) is 36.0 Å². The maximum atomic E-state index is 13.3. The topological polar surface area (TPSA) is 62.3 Å². The van der Waals surface area contributed by atoms with Crippen LogP contribution in [0.2, 0.25) is 0 Å². The van der Waals surface area contributed by atoms with Crippen LogP contribution in [0.25, 0.3) is 10.8 Å². The lowest BCUT2D eigenvalue weighted by molar-refractivity contribution is 0.586. The molecule has 0 radical (unpaired) electrons. The number of hydrogen-bond donors (Lipinski definition) is 1. The molecule has 0 amide bonds. The first-order valence-electron chi connectivity index (χ1n) is 10.5. The summed E-state index contributed by atoms with van der Waals surface area (Å²) in [7, 11) is -3.61. The predicted molar refractivity (Wildman–Crippen MR) is 122 cm³/mol. The van der Waals surface area contributed by atoms with Crippen molar-refractivity contribution in [3.8, 4) is 0 Å². The van der Waals surface area contributed by atoms with E-state index in [1.54, 1.807) is 30.5 Å². The van der Waals surface area contributed by atoms with Crippen LogP contribution < -0.4 is 10.2 Å². The van der Waals surface area contributed by atoms with Gasteiger partial charge in [0.15, 0.2) is 0 Å². The second-order valence-electron chi connectivity index (χ2n) is 8.89. The van der Waals surface area contributed by atoms with Crippen LogP contribution in [0.1, 0.15) is 32.8 Å². The highest BCUT2D eigenvalue weighted by Crippen LogP contribution is 2.31. The van der Waals surface area contributed by atoms with Gasteiger partial charge in [-0.2, -0.15) is 0 Å². The molecule has 1 N–H and O–H groups in total. The van der Waals surface area contributed by atoms with Gasteiger partial charge in [0.2, 0.25) is 9.84 Å². The van der Waals surface area contributed by atoms with Gasteiger partial charge in [-0.3, -0.25) is 0 Å². The van der Waals surface area contributed by atoms with Crippen molar-refractivity contribution in [2.75, 3.05) is 31.1 Å². The van der Waals surface area contributed by atoms with Gasteiger partial charge in [0.1, 0.15) is 5.82 Å². The van der Waals surface area contributed by atoms with Crippen LogP contribution in [0.3, 0.4) is 0 Å². The molecule has 0 unspecified atom stereocenters. The molecule has 0 bridgehead atoms. The molecular formula is C24H29N3O2S. The molecule has 1 aliphatic heterocycles. The Balaban J connectivity index is 1.76. The monoisotopic (exact) mass is 423 g/mol. The van der Waals surface area contributed by atoms with Gasteiger partial charge in [0.05, 0.1) is 9.79 Å². The molecule has 0 saturated carbocycles. The molecule has 1 fully saturated rings. The van der Waals surface area contributed by atoms with Crippen LogP contribution in [0.15, 0.2) is 64.5 Å². The summed E-state index contributed by atoms with van der Waals surface area (Å²) in [6.07, 6.45) is 2.84. The summed E-state index contributed by atoms with van der Waals surface area (Å²) < 4.78 is 26.7. The van der Waals surface area contributed by atoms with Gasteiger partial charge in [-0.15, -0.1) is 0 Å². The maximum absolute atomic E-state index is 13.3. The van der Waals surface area contributed by atoms with Crippen LogP contribution in [0.4, 0.5) is 5.82 Å². The number of sulfone groups is 1. The van der Waals surface area contributed by atoms with E-state index in [0.717, 1.165) is 54.8 Å². The van der Waals surface area contributed by atoms with E-state index in [-0.39, 0.29) is 5.41 Å². The van der Waals surface area contributed by atoms with Crippen molar-refractivity contribution in [3.05, 3.63) is 60.3 Å². The third-order valence-corrected chi connectivity index (χ3v) is 7.46. The van der Waals surface area contributed by atoms with Crippen molar-refractivity contribution in [1.29, 1.82) is 0 Å². The molecule has 1 aliphatic rings. The number of benzene rings is 2. The van der Waals surface area contributed by atoms with Crippen molar-refractivity contribution >= 4 is 26.4 Å². The molecule has 4 rings (SSSR count). The number of nitrogens with one attached hydrogen (secondary N) is 1. The van der Waals surface area contributed by atoms with Crippen molar-refractivity contribution in [3.63, 3.8) is 0 Å².